The van der Waals surface area contributed by atoms with Gasteiger partial charge >= 0.3 is 6.03 Å². The molecule has 2 aromatic rings. The summed E-state index contributed by atoms with van der Waals surface area (Å²) in [7, 11) is 0. The predicted octanol–water partition coefficient (Wildman–Crippen LogP) is 2.31. The summed E-state index contributed by atoms with van der Waals surface area (Å²) < 4.78 is 1.91. The number of nitrogens with one attached hydrogen (secondary N) is 2. The quantitative estimate of drug-likeness (QED) is 0.702. The Morgan fingerprint density at radius 2 is 2.16 bits per heavy atom. The molecule has 25 heavy (non-hydrogen) atoms. The van der Waals surface area contributed by atoms with Gasteiger partial charge in [-0.3, -0.25) is 0 Å². The van der Waals surface area contributed by atoms with Gasteiger partial charge in [0.2, 0.25) is 0 Å². The summed E-state index contributed by atoms with van der Waals surface area (Å²) in [5.41, 5.74) is 1.15. The number of benzene rings is 1. The number of carbonyl (C=O) groups excluding carboxylic acids is 1. The molecule has 1 aromatic carbocycles. The molecule has 0 unspecified atom stereocenters. The molecule has 3 rings (SSSR count). The van der Waals surface area contributed by atoms with Crippen LogP contribution in [0.3, 0.4) is 0 Å². The standard InChI is InChI=1S/C18H25N5O2/c1-2-16-21-17-15(6-4-12-23(17)22-16)20-18(25)19-11-3-5-13-7-9-14(24)10-8-13/h7-10,15,24H,2-6,11-12H2,1H3,(H2,19,20,25)/t15-/m1/s1. The van der Waals surface area contributed by atoms with Gasteiger partial charge in [0.25, 0.3) is 0 Å². The van der Waals surface area contributed by atoms with E-state index in [4.69, 9.17) is 0 Å². The lowest BCUT2D eigenvalue weighted by molar-refractivity contribution is 0.232. The van der Waals surface area contributed by atoms with Crippen LogP contribution in [0.1, 0.15) is 49.4 Å². The zero-order valence-electron chi connectivity index (χ0n) is 14.5. The minimum atomic E-state index is -0.162. The summed E-state index contributed by atoms with van der Waals surface area (Å²) in [5, 5.41) is 19.6. The van der Waals surface area contributed by atoms with Crippen LogP contribution >= 0.6 is 0 Å². The number of amides is 2. The van der Waals surface area contributed by atoms with E-state index in [0.717, 1.165) is 55.9 Å². The number of hydrogen-bond acceptors (Lipinski definition) is 4. The Balaban J connectivity index is 1.44. The Hall–Kier alpha value is -2.57. The SMILES string of the molecule is CCc1nc2n(n1)CCC[C@H]2NC(=O)NCCCc1ccc(O)cc1. The van der Waals surface area contributed by atoms with E-state index in [1.165, 1.54) is 0 Å². The average Bonchev–Trinajstić information content (AvgIpc) is 3.05. The van der Waals surface area contributed by atoms with Gasteiger partial charge in [-0.05, 0) is 43.4 Å². The van der Waals surface area contributed by atoms with Crippen molar-refractivity contribution in [3.63, 3.8) is 0 Å². The zero-order valence-corrected chi connectivity index (χ0v) is 14.5. The lowest BCUT2D eigenvalue weighted by atomic mass is 10.1. The molecule has 0 fully saturated rings. The molecule has 0 aliphatic carbocycles. The van der Waals surface area contributed by atoms with E-state index in [2.05, 4.69) is 20.7 Å². The minimum Gasteiger partial charge on any atom is -0.508 e. The molecular weight excluding hydrogens is 318 g/mol. The monoisotopic (exact) mass is 343 g/mol. The third-order valence-electron chi connectivity index (χ3n) is 4.40. The number of aromatic hydroxyl groups is 1. The van der Waals surface area contributed by atoms with Crippen LogP contribution in [0, 0.1) is 0 Å². The summed E-state index contributed by atoms with van der Waals surface area (Å²) in [6, 6.07) is 6.92. The largest absolute Gasteiger partial charge is 0.508 e. The van der Waals surface area contributed by atoms with Crippen LogP contribution in [-0.4, -0.2) is 32.4 Å². The molecule has 1 aliphatic rings. The van der Waals surface area contributed by atoms with E-state index in [-0.39, 0.29) is 17.8 Å². The van der Waals surface area contributed by atoms with Crippen LogP contribution in [0.4, 0.5) is 4.79 Å². The van der Waals surface area contributed by atoms with Crippen molar-refractivity contribution < 1.29 is 9.90 Å². The number of nitrogens with zero attached hydrogens (tertiary/aromatic N) is 3. The molecular formula is C18H25N5O2. The second kappa shape index (κ2) is 8.00. The zero-order chi connectivity index (χ0) is 17.6. The topological polar surface area (TPSA) is 92.1 Å². The van der Waals surface area contributed by atoms with Crippen molar-refractivity contribution >= 4 is 6.03 Å². The van der Waals surface area contributed by atoms with Gasteiger partial charge in [-0.1, -0.05) is 19.1 Å². The van der Waals surface area contributed by atoms with E-state index in [9.17, 15) is 9.90 Å². The highest BCUT2D eigenvalue weighted by Gasteiger charge is 2.25. The fourth-order valence-corrected chi connectivity index (χ4v) is 3.05. The fourth-order valence-electron chi connectivity index (χ4n) is 3.05. The van der Waals surface area contributed by atoms with Gasteiger partial charge in [-0.15, -0.1) is 0 Å². The number of aryl methyl sites for hydroxylation is 3. The maximum Gasteiger partial charge on any atom is 0.315 e. The van der Waals surface area contributed by atoms with Crippen LogP contribution < -0.4 is 10.6 Å². The fraction of sp³-hybridized carbons (Fsp3) is 0.500. The molecule has 0 saturated heterocycles. The van der Waals surface area contributed by atoms with E-state index in [1.54, 1.807) is 12.1 Å². The van der Waals surface area contributed by atoms with Crippen molar-refractivity contribution in [3.8, 4) is 5.75 Å². The number of hydrogen-bond donors (Lipinski definition) is 3. The van der Waals surface area contributed by atoms with E-state index in [0.29, 0.717) is 6.54 Å². The summed E-state index contributed by atoms with van der Waals surface area (Å²) in [5.74, 6) is 1.97. The molecule has 2 heterocycles. The predicted molar refractivity (Wildman–Crippen MR) is 94.3 cm³/mol. The summed E-state index contributed by atoms with van der Waals surface area (Å²) in [4.78, 5) is 16.7. The maximum atomic E-state index is 12.1. The van der Waals surface area contributed by atoms with Crippen molar-refractivity contribution in [1.82, 2.24) is 25.4 Å². The second-order valence-electron chi connectivity index (χ2n) is 6.33. The Morgan fingerprint density at radius 1 is 1.36 bits per heavy atom. The number of phenols is 1. The first-order valence-electron chi connectivity index (χ1n) is 8.91. The average molecular weight is 343 g/mol. The van der Waals surface area contributed by atoms with Crippen LogP contribution in [-0.2, 0) is 19.4 Å². The number of urea groups is 1. The smallest absolute Gasteiger partial charge is 0.315 e. The Labute approximate surface area is 147 Å². The molecule has 7 nitrogen and oxygen atoms in total. The number of rotatable bonds is 6. The van der Waals surface area contributed by atoms with Gasteiger partial charge in [0.05, 0.1) is 6.04 Å². The number of fused-ring (bicyclic) bond motifs is 1. The molecule has 1 aromatic heterocycles. The highest BCUT2D eigenvalue weighted by atomic mass is 16.3. The molecule has 7 heteroatoms. The molecule has 2 amide bonds. The van der Waals surface area contributed by atoms with Crippen molar-refractivity contribution in [2.75, 3.05) is 6.54 Å². The molecule has 0 radical (unpaired) electrons. The third-order valence-corrected chi connectivity index (χ3v) is 4.40. The molecule has 0 spiro atoms. The van der Waals surface area contributed by atoms with Crippen molar-refractivity contribution in [3.05, 3.63) is 41.5 Å². The van der Waals surface area contributed by atoms with Crippen LogP contribution in [0.15, 0.2) is 24.3 Å². The van der Waals surface area contributed by atoms with Crippen LogP contribution in [0.5, 0.6) is 5.75 Å². The first-order chi connectivity index (χ1) is 12.2. The Bertz CT molecular complexity index is 711. The molecule has 134 valence electrons. The maximum absolute atomic E-state index is 12.1. The number of aromatic nitrogens is 3. The van der Waals surface area contributed by atoms with Gasteiger partial charge in [0.15, 0.2) is 5.82 Å². The van der Waals surface area contributed by atoms with Crippen LogP contribution in [0.25, 0.3) is 0 Å². The van der Waals surface area contributed by atoms with Gasteiger partial charge in [-0.25, -0.2) is 14.5 Å². The molecule has 3 N–H and O–H groups in total. The van der Waals surface area contributed by atoms with E-state index < -0.39 is 0 Å². The van der Waals surface area contributed by atoms with Gasteiger partial charge in [0, 0.05) is 19.5 Å². The highest BCUT2D eigenvalue weighted by molar-refractivity contribution is 5.74. The highest BCUT2D eigenvalue weighted by Crippen LogP contribution is 2.23. The first-order valence-corrected chi connectivity index (χ1v) is 8.91. The summed E-state index contributed by atoms with van der Waals surface area (Å²) in [6.07, 6.45) is 4.39. The normalized spacial score (nSPS) is 16.3. The Morgan fingerprint density at radius 3 is 2.92 bits per heavy atom. The van der Waals surface area contributed by atoms with Crippen molar-refractivity contribution in [2.24, 2.45) is 0 Å². The van der Waals surface area contributed by atoms with Gasteiger partial charge in [0.1, 0.15) is 11.6 Å². The lowest BCUT2D eigenvalue weighted by Gasteiger charge is -2.23. The molecule has 1 atom stereocenters. The molecule has 1 aliphatic heterocycles. The second-order valence-corrected chi connectivity index (χ2v) is 6.33. The molecule has 0 bridgehead atoms. The van der Waals surface area contributed by atoms with Gasteiger partial charge < -0.3 is 15.7 Å². The van der Waals surface area contributed by atoms with Crippen molar-refractivity contribution in [1.29, 1.82) is 0 Å². The van der Waals surface area contributed by atoms with E-state index in [1.807, 2.05) is 23.7 Å². The molecule has 0 saturated carbocycles. The minimum absolute atomic E-state index is 0.0707. The summed E-state index contributed by atoms with van der Waals surface area (Å²) >= 11 is 0. The number of phenolic OH excluding ortho intramolecular Hbond substituents is 1. The van der Waals surface area contributed by atoms with Gasteiger partial charge in [-0.2, -0.15) is 5.10 Å². The lowest BCUT2D eigenvalue weighted by Crippen LogP contribution is -2.40. The van der Waals surface area contributed by atoms with Crippen LogP contribution in [0.2, 0.25) is 0 Å². The third kappa shape index (κ3) is 4.49. The number of carbonyl (C=O) groups is 1. The van der Waals surface area contributed by atoms with E-state index >= 15 is 0 Å². The first kappa shape index (κ1) is 17.3. The Kier molecular flexibility index (Phi) is 5.53. The summed E-state index contributed by atoms with van der Waals surface area (Å²) in [6.45, 7) is 3.51. The van der Waals surface area contributed by atoms with Crippen molar-refractivity contribution in [2.45, 2.75) is 51.6 Å².